The Bertz CT molecular complexity index is 338. The van der Waals surface area contributed by atoms with Gasteiger partial charge in [-0.1, -0.05) is 24.9 Å². The van der Waals surface area contributed by atoms with Crippen molar-refractivity contribution in [2.24, 2.45) is 0 Å². The van der Waals surface area contributed by atoms with Gasteiger partial charge in [-0.05, 0) is 24.6 Å². The molecular formula is C11H13ClO2. The van der Waals surface area contributed by atoms with Gasteiger partial charge in [0.05, 0.1) is 0 Å². The lowest BCUT2D eigenvalue weighted by Crippen LogP contribution is -2.17. The molecule has 2 atom stereocenters. The maximum absolute atomic E-state index is 9.91. The minimum absolute atomic E-state index is 0.103. The highest BCUT2D eigenvalue weighted by Crippen LogP contribution is 2.39. The molecular weight excluding hydrogens is 200 g/mol. The van der Waals surface area contributed by atoms with Crippen molar-refractivity contribution in [1.29, 1.82) is 0 Å². The van der Waals surface area contributed by atoms with Gasteiger partial charge in [0.15, 0.2) is 0 Å². The Hall–Kier alpha value is -0.730. The Morgan fingerprint density at radius 2 is 2.29 bits per heavy atom. The molecule has 1 N–H and O–H groups in total. The van der Waals surface area contributed by atoms with Gasteiger partial charge in [-0.2, -0.15) is 0 Å². The SMILES string of the molecule is CCCC1Oc2ccc(Cl)cc2C1O. The van der Waals surface area contributed by atoms with E-state index in [0.29, 0.717) is 5.02 Å². The number of fused-ring (bicyclic) bond motifs is 1. The summed E-state index contributed by atoms with van der Waals surface area (Å²) in [7, 11) is 0. The summed E-state index contributed by atoms with van der Waals surface area (Å²) in [6.45, 7) is 2.08. The van der Waals surface area contributed by atoms with Crippen molar-refractivity contribution >= 4 is 11.6 Å². The number of benzene rings is 1. The summed E-state index contributed by atoms with van der Waals surface area (Å²) in [6.07, 6.45) is 1.24. The molecule has 2 rings (SSSR count). The van der Waals surface area contributed by atoms with Gasteiger partial charge in [0.25, 0.3) is 0 Å². The van der Waals surface area contributed by atoms with Crippen LogP contribution in [0.2, 0.25) is 5.02 Å². The van der Waals surface area contributed by atoms with Crippen LogP contribution < -0.4 is 4.74 Å². The van der Waals surface area contributed by atoms with Gasteiger partial charge in [0, 0.05) is 10.6 Å². The first-order chi connectivity index (χ1) is 6.72. The first-order valence-electron chi connectivity index (χ1n) is 4.86. The van der Waals surface area contributed by atoms with Crippen molar-refractivity contribution in [1.82, 2.24) is 0 Å². The summed E-state index contributed by atoms with van der Waals surface area (Å²) in [5.74, 6) is 0.764. The van der Waals surface area contributed by atoms with Gasteiger partial charge >= 0.3 is 0 Å². The number of hydrogen-bond donors (Lipinski definition) is 1. The first kappa shape index (κ1) is 9.81. The summed E-state index contributed by atoms with van der Waals surface area (Å²) in [4.78, 5) is 0. The Balaban J connectivity index is 2.27. The molecule has 0 radical (unpaired) electrons. The summed E-state index contributed by atoms with van der Waals surface area (Å²) in [6, 6.07) is 5.37. The zero-order valence-electron chi connectivity index (χ0n) is 8.03. The number of aliphatic hydroxyl groups excluding tert-OH is 1. The lowest BCUT2D eigenvalue weighted by atomic mass is 10.0. The molecule has 2 unspecified atom stereocenters. The highest BCUT2D eigenvalue weighted by Gasteiger charge is 2.31. The molecule has 0 bridgehead atoms. The minimum Gasteiger partial charge on any atom is -0.487 e. The van der Waals surface area contributed by atoms with Crippen molar-refractivity contribution in [2.45, 2.75) is 32.0 Å². The van der Waals surface area contributed by atoms with Crippen LogP contribution in [0.3, 0.4) is 0 Å². The molecule has 3 heteroatoms. The van der Waals surface area contributed by atoms with E-state index in [1.54, 1.807) is 12.1 Å². The molecule has 1 aromatic carbocycles. The molecule has 1 aliphatic rings. The maximum Gasteiger partial charge on any atom is 0.129 e. The highest BCUT2D eigenvalue weighted by molar-refractivity contribution is 6.30. The molecule has 0 saturated carbocycles. The fourth-order valence-corrected chi connectivity index (χ4v) is 1.97. The number of aliphatic hydroxyl groups is 1. The van der Waals surface area contributed by atoms with E-state index in [4.69, 9.17) is 16.3 Å². The van der Waals surface area contributed by atoms with Gasteiger partial charge in [-0.25, -0.2) is 0 Å². The average molecular weight is 213 g/mol. The van der Waals surface area contributed by atoms with E-state index in [2.05, 4.69) is 6.92 Å². The van der Waals surface area contributed by atoms with E-state index in [1.807, 2.05) is 6.07 Å². The smallest absolute Gasteiger partial charge is 0.129 e. The zero-order valence-corrected chi connectivity index (χ0v) is 8.79. The zero-order chi connectivity index (χ0) is 10.1. The van der Waals surface area contributed by atoms with Gasteiger partial charge in [0.1, 0.15) is 18.0 Å². The van der Waals surface area contributed by atoms with Gasteiger partial charge in [0.2, 0.25) is 0 Å². The van der Waals surface area contributed by atoms with E-state index in [1.165, 1.54) is 0 Å². The van der Waals surface area contributed by atoms with Crippen LogP contribution in [-0.4, -0.2) is 11.2 Å². The Morgan fingerprint density at radius 3 is 3.00 bits per heavy atom. The van der Waals surface area contributed by atoms with Crippen LogP contribution in [0, 0.1) is 0 Å². The molecule has 14 heavy (non-hydrogen) atoms. The molecule has 1 aromatic rings. The van der Waals surface area contributed by atoms with Crippen molar-refractivity contribution in [3.63, 3.8) is 0 Å². The van der Waals surface area contributed by atoms with E-state index >= 15 is 0 Å². The predicted molar refractivity (Wildman–Crippen MR) is 55.7 cm³/mol. The van der Waals surface area contributed by atoms with Crippen LogP contribution in [0.5, 0.6) is 5.75 Å². The number of hydrogen-bond acceptors (Lipinski definition) is 2. The number of ether oxygens (including phenoxy) is 1. The normalized spacial score (nSPS) is 24.5. The fraction of sp³-hybridized carbons (Fsp3) is 0.455. The van der Waals surface area contributed by atoms with E-state index in [-0.39, 0.29) is 6.10 Å². The molecule has 0 amide bonds. The molecule has 0 aliphatic carbocycles. The summed E-state index contributed by atoms with van der Waals surface area (Å²) < 4.78 is 5.61. The van der Waals surface area contributed by atoms with Crippen molar-refractivity contribution in [3.05, 3.63) is 28.8 Å². The second-order valence-corrected chi connectivity index (χ2v) is 4.01. The van der Waals surface area contributed by atoms with Crippen molar-refractivity contribution in [2.75, 3.05) is 0 Å². The Labute approximate surface area is 88.5 Å². The molecule has 1 aliphatic heterocycles. The van der Waals surface area contributed by atoms with E-state index in [0.717, 1.165) is 24.2 Å². The van der Waals surface area contributed by atoms with Crippen LogP contribution in [0.25, 0.3) is 0 Å². The van der Waals surface area contributed by atoms with Crippen molar-refractivity contribution < 1.29 is 9.84 Å². The molecule has 0 saturated heterocycles. The second kappa shape index (κ2) is 3.79. The van der Waals surface area contributed by atoms with Crippen LogP contribution in [0.1, 0.15) is 31.4 Å². The topological polar surface area (TPSA) is 29.5 Å². The first-order valence-corrected chi connectivity index (χ1v) is 5.24. The third-order valence-corrected chi connectivity index (χ3v) is 2.73. The summed E-state index contributed by atoms with van der Waals surface area (Å²) in [5.41, 5.74) is 0.816. The number of rotatable bonds is 2. The monoisotopic (exact) mass is 212 g/mol. The van der Waals surface area contributed by atoms with Crippen LogP contribution in [0.4, 0.5) is 0 Å². The van der Waals surface area contributed by atoms with Crippen LogP contribution >= 0.6 is 11.6 Å². The summed E-state index contributed by atoms with van der Waals surface area (Å²) >= 11 is 5.85. The lowest BCUT2D eigenvalue weighted by molar-refractivity contribution is 0.0617. The molecule has 0 aromatic heterocycles. The Morgan fingerprint density at radius 1 is 1.50 bits per heavy atom. The van der Waals surface area contributed by atoms with Crippen LogP contribution in [0.15, 0.2) is 18.2 Å². The molecule has 0 fully saturated rings. The predicted octanol–water partition coefficient (Wildman–Crippen LogP) is 2.93. The minimum atomic E-state index is -0.524. The third-order valence-electron chi connectivity index (χ3n) is 2.49. The van der Waals surface area contributed by atoms with E-state index in [9.17, 15) is 5.11 Å². The Kier molecular flexibility index (Phi) is 2.66. The second-order valence-electron chi connectivity index (χ2n) is 3.57. The maximum atomic E-state index is 9.91. The quantitative estimate of drug-likeness (QED) is 0.817. The largest absolute Gasteiger partial charge is 0.487 e. The highest BCUT2D eigenvalue weighted by atomic mass is 35.5. The lowest BCUT2D eigenvalue weighted by Gasteiger charge is -2.12. The van der Waals surface area contributed by atoms with Gasteiger partial charge in [-0.3, -0.25) is 0 Å². The molecule has 0 spiro atoms. The van der Waals surface area contributed by atoms with Crippen LogP contribution in [-0.2, 0) is 0 Å². The number of halogens is 1. The molecule has 1 heterocycles. The van der Waals surface area contributed by atoms with E-state index < -0.39 is 6.10 Å². The van der Waals surface area contributed by atoms with Crippen molar-refractivity contribution in [3.8, 4) is 5.75 Å². The van der Waals surface area contributed by atoms with Gasteiger partial charge < -0.3 is 9.84 Å². The molecule has 2 nitrogen and oxygen atoms in total. The fourth-order valence-electron chi connectivity index (χ4n) is 1.79. The summed E-state index contributed by atoms with van der Waals surface area (Å²) in [5, 5.41) is 10.6. The molecule has 76 valence electrons. The standard InChI is InChI=1S/C11H13ClO2/c1-2-3-10-11(13)8-6-7(12)4-5-9(8)14-10/h4-6,10-11,13H,2-3H2,1H3. The average Bonchev–Trinajstić information content (AvgIpc) is 2.46. The third kappa shape index (κ3) is 1.60. The van der Waals surface area contributed by atoms with Gasteiger partial charge in [-0.15, -0.1) is 0 Å².